The smallest absolute Gasteiger partial charge is 0.350 e. The molecule has 1 N–H and O–H groups in total. The van der Waals surface area contributed by atoms with Crippen molar-refractivity contribution in [1.82, 2.24) is 15.2 Å². The SMILES string of the molecule is O=C(Cc1csc(-c2ccc(C(F)(F)F)cc2)n1)NC1CS(=O)(=O)CC1N1CCCCC1. The molecule has 2 aromatic rings. The number of benzene rings is 1. The molecule has 0 radical (unpaired) electrons. The summed E-state index contributed by atoms with van der Waals surface area (Å²) in [6.07, 6.45) is -1.21. The van der Waals surface area contributed by atoms with Crippen LogP contribution in [-0.4, -0.2) is 60.9 Å². The van der Waals surface area contributed by atoms with Crippen molar-refractivity contribution in [1.29, 1.82) is 0 Å². The molecule has 2 fully saturated rings. The predicted octanol–water partition coefficient (Wildman–Crippen LogP) is 3.14. The fourth-order valence-electron chi connectivity index (χ4n) is 4.32. The molecule has 11 heteroatoms. The van der Waals surface area contributed by atoms with Gasteiger partial charge in [-0.15, -0.1) is 11.3 Å². The summed E-state index contributed by atoms with van der Waals surface area (Å²) in [5, 5.41) is 5.10. The van der Waals surface area contributed by atoms with Crippen LogP contribution < -0.4 is 5.32 Å². The van der Waals surface area contributed by atoms with E-state index in [-0.39, 0.29) is 29.9 Å². The van der Waals surface area contributed by atoms with Gasteiger partial charge in [0, 0.05) is 17.0 Å². The molecule has 6 nitrogen and oxygen atoms in total. The van der Waals surface area contributed by atoms with Gasteiger partial charge in [0.15, 0.2) is 9.84 Å². The van der Waals surface area contributed by atoms with Crippen LogP contribution in [0.1, 0.15) is 30.5 Å². The number of likely N-dealkylation sites (tertiary alicyclic amines) is 1. The molecule has 32 heavy (non-hydrogen) atoms. The molecule has 1 aromatic carbocycles. The van der Waals surface area contributed by atoms with E-state index in [0.29, 0.717) is 16.3 Å². The van der Waals surface area contributed by atoms with Crippen molar-refractivity contribution >= 4 is 27.1 Å². The molecule has 0 aliphatic carbocycles. The van der Waals surface area contributed by atoms with E-state index in [0.717, 1.165) is 44.5 Å². The molecular weight excluding hydrogens is 463 g/mol. The highest BCUT2D eigenvalue weighted by atomic mass is 32.2. The van der Waals surface area contributed by atoms with Gasteiger partial charge in [-0.3, -0.25) is 9.69 Å². The molecular formula is C21H24F3N3O3S2. The Balaban J connectivity index is 1.39. The molecule has 2 saturated heterocycles. The maximum absolute atomic E-state index is 12.7. The van der Waals surface area contributed by atoms with Crippen molar-refractivity contribution in [2.24, 2.45) is 0 Å². The lowest BCUT2D eigenvalue weighted by molar-refractivity contribution is -0.137. The van der Waals surface area contributed by atoms with Gasteiger partial charge in [0.05, 0.1) is 35.2 Å². The summed E-state index contributed by atoms with van der Waals surface area (Å²) in [6, 6.07) is 4.08. The van der Waals surface area contributed by atoms with Crippen LogP contribution in [0.5, 0.6) is 0 Å². The Bertz CT molecular complexity index is 1060. The number of sulfone groups is 1. The second kappa shape index (κ2) is 9.11. The van der Waals surface area contributed by atoms with Gasteiger partial charge in [-0.2, -0.15) is 13.2 Å². The topological polar surface area (TPSA) is 79.4 Å². The van der Waals surface area contributed by atoms with Gasteiger partial charge in [0.25, 0.3) is 0 Å². The molecule has 2 atom stereocenters. The lowest BCUT2D eigenvalue weighted by Gasteiger charge is -2.35. The third kappa shape index (κ3) is 5.49. The Labute approximate surface area is 188 Å². The largest absolute Gasteiger partial charge is 0.416 e. The highest BCUT2D eigenvalue weighted by molar-refractivity contribution is 7.91. The first-order valence-corrected chi connectivity index (χ1v) is 13.2. The fraction of sp³-hybridized carbons (Fsp3) is 0.524. The monoisotopic (exact) mass is 487 g/mol. The number of carbonyl (C=O) groups is 1. The van der Waals surface area contributed by atoms with E-state index in [4.69, 9.17) is 0 Å². The summed E-state index contributed by atoms with van der Waals surface area (Å²) < 4.78 is 62.6. The quantitative estimate of drug-likeness (QED) is 0.701. The van der Waals surface area contributed by atoms with Crippen molar-refractivity contribution in [2.45, 2.75) is 43.9 Å². The normalized spacial score (nSPS) is 23.8. The molecule has 2 aliphatic rings. The van der Waals surface area contributed by atoms with E-state index >= 15 is 0 Å². The molecule has 0 saturated carbocycles. The maximum atomic E-state index is 12.7. The van der Waals surface area contributed by atoms with E-state index in [2.05, 4.69) is 15.2 Å². The number of aromatic nitrogens is 1. The summed E-state index contributed by atoms with van der Waals surface area (Å²) in [4.78, 5) is 19.2. The first kappa shape index (κ1) is 23.2. The zero-order chi connectivity index (χ0) is 22.9. The minimum absolute atomic E-state index is 0.0135. The van der Waals surface area contributed by atoms with Crippen molar-refractivity contribution < 1.29 is 26.4 Å². The predicted molar refractivity (Wildman–Crippen MR) is 116 cm³/mol. The van der Waals surface area contributed by atoms with Crippen molar-refractivity contribution in [3.8, 4) is 10.6 Å². The van der Waals surface area contributed by atoms with E-state index in [1.54, 1.807) is 5.38 Å². The number of hydrogen-bond donors (Lipinski definition) is 1. The number of nitrogens with zero attached hydrogens (tertiary/aromatic N) is 2. The number of amides is 1. The standard InChI is InChI=1S/C21H24F3N3O3S2/c22-21(23,24)15-6-4-14(5-7-15)20-25-16(11-31-20)10-19(28)26-17-12-32(29,30)13-18(17)27-8-2-1-3-9-27/h4-7,11,17-18H,1-3,8-10,12-13H2,(H,26,28). The number of piperidine rings is 1. The zero-order valence-electron chi connectivity index (χ0n) is 17.3. The van der Waals surface area contributed by atoms with Crippen molar-refractivity contribution in [2.75, 3.05) is 24.6 Å². The molecule has 0 spiro atoms. The number of halogens is 3. The number of thiazole rings is 1. The van der Waals surface area contributed by atoms with Crippen LogP contribution in [0.4, 0.5) is 13.2 Å². The highest BCUT2D eigenvalue weighted by Gasteiger charge is 2.41. The van der Waals surface area contributed by atoms with Crippen LogP contribution in [0, 0.1) is 0 Å². The van der Waals surface area contributed by atoms with E-state index in [1.165, 1.54) is 23.5 Å². The van der Waals surface area contributed by atoms with Gasteiger partial charge in [0.2, 0.25) is 5.91 Å². The van der Waals surface area contributed by atoms with Crippen molar-refractivity contribution in [3.63, 3.8) is 0 Å². The molecule has 0 bridgehead atoms. The molecule has 3 heterocycles. The fourth-order valence-corrected chi connectivity index (χ4v) is 7.10. The number of alkyl halides is 3. The van der Waals surface area contributed by atoms with Gasteiger partial charge in [-0.25, -0.2) is 13.4 Å². The Morgan fingerprint density at radius 3 is 2.47 bits per heavy atom. The average molecular weight is 488 g/mol. The number of carbonyl (C=O) groups excluding carboxylic acids is 1. The van der Waals surface area contributed by atoms with Gasteiger partial charge in [-0.1, -0.05) is 18.6 Å². The zero-order valence-corrected chi connectivity index (χ0v) is 18.9. The Morgan fingerprint density at radius 2 is 1.81 bits per heavy atom. The summed E-state index contributed by atoms with van der Waals surface area (Å²) in [7, 11) is -3.21. The average Bonchev–Trinajstić information content (AvgIpc) is 3.31. The Hall–Kier alpha value is -1.98. The van der Waals surface area contributed by atoms with Crippen LogP contribution >= 0.6 is 11.3 Å². The van der Waals surface area contributed by atoms with Crippen LogP contribution in [0.15, 0.2) is 29.6 Å². The van der Waals surface area contributed by atoms with Gasteiger partial charge < -0.3 is 5.32 Å². The van der Waals surface area contributed by atoms with Crippen molar-refractivity contribution in [3.05, 3.63) is 40.9 Å². The number of hydrogen-bond acceptors (Lipinski definition) is 6. The van der Waals surface area contributed by atoms with E-state index in [1.807, 2.05) is 0 Å². The van der Waals surface area contributed by atoms with Crippen LogP contribution in [0.2, 0.25) is 0 Å². The lowest BCUT2D eigenvalue weighted by Crippen LogP contribution is -2.52. The van der Waals surface area contributed by atoms with Gasteiger partial charge in [0.1, 0.15) is 5.01 Å². The molecule has 2 unspecified atom stereocenters. The molecule has 1 amide bonds. The second-order valence-electron chi connectivity index (χ2n) is 8.31. The first-order chi connectivity index (χ1) is 15.1. The molecule has 2 aliphatic heterocycles. The number of rotatable bonds is 5. The summed E-state index contributed by atoms with van der Waals surface area (Å²) in [5.74, 6) is -0.307. The summed E-state index contributed by atoms with van der Waals surface area (Å²) in [6.45, 7) is 1.68. The third-order valence-electron chi connectivity index (χ3n) is 5.88. The van der Waals surface area contributed by atoms with Gasteiger partial charge in [-0.05, 0) is 38.1 Å². The Kier molecular flexibility index (Phi) is 6.60. The van der Waals surface area contributed by atoms with Crippen LogP contribution in [-0.2, 0) is 27.2 Å². The summed E-state index contributed by atoms with van der Waals surface area (Å²) in [5.41, 5.74) is 0.312. The maximum Gasteiger partial charge on any atom is 0.416 e. The van der Waals surface area contributed by atoms with Crippen LogP contribution in [0.25, 0.3) is 10.6 Å². The second-order valence-corrected chi connectivity index (χ2v) is 11.3. The number of nitrogens with one attached hydrogen (secondary N) is 1. The summed E-state index contributed by atoms with van der Waals surface area (Å²) >= 11 is 1.25. The lowest BCUT2D eigenvalue weighted by atomic mass is 10.0. The van der Waals surface area contributed by atoms with Crippen LogP contribution in [0.3, 0.4) is 0 Å². The molecule has 174 valence electrons. The minimum Gasteiger partial charge on any atom is -0.350 e. The highest BCUT2D eigenvalue weighted by Crippen LogP contribution is 2.32. The van der Waals surface area contributed by atoms with Gasteiger partial charge >= 0.3 is 6.18 Å². The first-order valence-electron chi connectivity index (χ1n) is 10.5. The minimum atomic E-state index is -4.40. The van der Waals surface area contributed by atoms with E-state index in [9.17, 15) is 26.4 Å². The third-order valence-corrected chi connectivity index (χ3v) is 8.54. The molecule has 1 aromatic heterocycles. The molecule has 4 rings (SSSR count). The Morgan fingerprint density at radius 1 is 1.12 bits per heavy atom. The van der Waals surface area contributed by atoms with E-state index < -0.39 is 27.6 Å².